The highest BCUT2D eigenvalue weighted by Gasteiger charge is 2.10. The third-order valence-electron chi connectivity index (χ3n) is 3.23. The van der Waals surface area contributed by atoms with Gasteiger partial charge in [0.1, 0.15) is 5.82 Å². The summed E-state index contributed by atoms with van der Waals surface area (Å²) in [4.78, 5) is 12.0. The minimum Gasteiger partial charge on any atom is -0.345 e. The lowest BCUT2D eigenvalue weighted by Gasteiger charge is -2.09. The zero-order valence-corrected chi connectivity index (χ0v) is 12.8. The number of halogens is 2. The number of carbonyl (C=O) groups excluding carboxylic acids is 1. The van der Waals surface area contributed by atoms with E-state index in [9.17, 15) is 9.18 Å². The molecule has 1 aromatic heterocycles. The van der Waals surface area contributed by atoms with Gasteiger partial charge in [-0.25, -0.2) is 4.39 Å². The predicted molar refractivity (Wildman–Crippen MR) is 84.7 cm³/mol. The van der Waals surface area contributed by atoms with E-state index in [2.05, 4.69) is 5.32 Å². The molecule has 0 atom stereocenters. The Morgan fingerprint density at radius 2 is 2.00 bits per heavy atom. The summed E-state index contributed by atoms with van der Waals surface area (Å²) in [7, 11) is 0. The molecule has 0 fully saturated rings. The van der Waals surface area contributed by atoms with Gasteiger partial charge in [0.25, 0.3) is 0 Å². The molecule has 0 amide bonds. The van der Waals surface area contributed by atoms with Gasteiger partial charge in [-0.15, -0.1) is 12.4 Å². The summed E-state index contributed by atoms with van der Waals surface area (Å²) < 4.78 is 15.4. The zero-order chi connectivity index (χ0) is 14.4. The molecule has 2 aromatic rings. The summed E-state index contributed by atoms with van der Waals surface area (Å²) in [5.41, 5.74) is 1.34. The van der Waals surface area contributed by atoms with Crippen LogP contribution in [0.4, 0.5) is 4.39 Å². The molecule has 0 aliphatic carbocycles. The molecule has 21 heavy (non-hydrogen) atoms. The van der Waals surface area contributed by atoms with Crippen LogP contribution in [0.2, 0.25) is 0 Å². The van der Waals surface area contributed by atoms with Crippen LogP contribution in [0.1, 0.15) is 23.0 Å². The number of Topliss-reactive ketones (excluding diaryl/α,β-unsaturated/α-hetero) is 1. The summed E-state index contributed by atoms with van der Waals surface area (Å²) in [5, 5.41) is 3.02. The molecule has 0 bridgehead atoms. The topological polar surface area (TPSA) is 34.0 Å². The quantitative estimate of drug-likeness (QED) is 0.797. The van der Waals surface area contributed by atoms with Crippen LogP contribution in [0.25, 0.3) is 0 Å². The first-order valence-corrected chi connectivity index (χ1v) is 6.85. The average molecular weight is 311 g/mol. The molecule has 2 rings (SSSR count). The van der Waals surface area contributed by atoms with E-state index in [-0.39, 0.29) is 24.0 Å². The van der Waals surface area contributed by atoms with Crippen LogP contribution in [0.5, 0.6) is 0 Å². The second kappa shape index (κ2) is 8.60. The van der Waals surface area contributed by atoms with Crippen molar-refractivity contribution < 1.29 is 9.18 Å². The maximum atomic E-state index is 13.6. The number of hydrogen-bond donors (Lipinski definition) is 1. The maximum absolute atomic E-state index is 13.6. The van der Waals surface area contributed by atoms with E-state index in [0.717, 1.165) is 6.54 Å². The fourth-order valence-corrected chi connectivity index (χ4v) is 2.13. The van der Waals surface area contributed by atoms with Gasteiger partial charge in [-0.1, -0.05) is 25.1 Å². The lowest BCUT2D eigenvalue weighted by atomic mass is 10.1. The number of likely N-dealkylation sites (N-methyl/N-ethyl adjacent to an activating group) is 1. The number of carbonyl (C=O) groups is 1. The van der Waals surface area contributed by atoms with Crippen molar-refractivity contribution in [2.75, 3.05) is 13.1 Å². The van der Waals surface area contributed by atoms with Crippen molar-refractivity contribution >= 4 is 18.2 Å². The number of rotatable bonds is 7. The van der Waals surface area contributed by atoms with Crippen molar-refractivity contribution in [3.8, 4) is 0 Å². The van der Waals surface area contributed by atoms with Crippen molar-refractivity contribution in [3.63, 3.8) is 0 Å². The highest BCUT2D eigenvalue weighted by molar-refractivity contribution is 5.96. The summed E-state index contributed by atoms with van der Waals surface area (Å²) in [6.07, 6.45) is 2.43. The Labute approximate surface area is 130 Å². The second-order valence-electron chi connectivity index (χ2n) is 4.63. The predicted octanol–water partition coefficient (Wildman–Crippen LogP) is 3.08. The fourth-order valence-electron chi connectivity index (χ4n) is 2.13. The van der Waals surface area contributed by atoms with Crippen LogP contribution in [0.15, 0.2) is 42.6 Å². The first-order chi connectivity index (χ1) is 9.72. The smallest absolute Gasteiger partial charge is 0.192 e. The number of aromatic nitrogens is 1. The Bertz CT molecular complexity index is 583. The molecule has 0 saturated carbocycles. The second-order valence-corrected chi connectivity index (χ2v) is 4.63. The first kappa shape index (κ1) is 17.4. The number of benzene rings is 1. The van der Waals surface area contributed by atoms with E-state index in [0.29, 0.717) is 30.8 Å². The molecule has 0 unspecified atom stereocenters. The molecule has 0 saturated heterocycles. The van der Waals surface area contributed by atoms with Crippen molar-refractivity contribution in [2.24, 2.45) is 0 Å². The Kier molecular flexibility index (Phi) is 7.12. The van der Waals surface area contributed by atoms with Crippen molar-refractivity contribution in [3.05, 3.63) is 59.7 Å². The molecule has 1 N–H and O–H groups in total. The van der Waals surface area contributed by atoms with Crippen molar-refractivity contribution in [1.82, 2.24) is 9.88 Å². The lowest BCUT2D eigenvalue weighted by Crippen LogP contribution is -2.24. The number of ketones is 1. The van der Waals surface area contributed by atoms with E-state index in [1.165, 1.54) is 6.07 Å². The first-order valence-electron chi connectivity index (χ1n) is 6.85. The Morgan fingerprint density at radius 3 is 2.71 bits per heavy atom. The van der Waals surface area contributed by atoms with E-state index < -0.39 is 0 Å². The summed E-state index contributed by atoms with van der Waals surface area (Å²) in [6, 6.07) is 10.4. The van der Waals surface area contributed by atoms with Crippen molar-refractivity contribution in [1.29, 1.82) is 0 Å². The zero-order valence-electron chi connectivity index (χ0n) is 12.0. The van der Waals surface area contributed by atoms with Crippen LogP contribution < -0.4 is 5.32 Å². The van der Waals surface area contributed by atoms with Gasteiger partial charge in [0.15, 0.2) is 5.78 Å². The minimum absolute atomic E-state index is 0. The average Bonchev–Trinajstić information content (AvgIpc) is 2.92. The van der Waals surface area contributed by atoms with Gasteiger partial charge in [0.05, 0.1) is 12.2 Å². The molecule has 3 nitrogen and oxygen atoms in total. The van der Waals surface area contributed by atoms with E-state index in [1.54, 1.807) is 18.2 Å². The fraction of sp³-hybridized carbons (Fsp3) is 0.312. The summed E-state index contributed by atoms with van der Waals surface area (Å²) in [6.45, 7) is 3.66. The van der Waals surface area contributed by atoms with Gasteiger partial charge >= 0.3 is 0 Å². The summed E-state index contributed by atoms with van der Waals surface area (Å²) in [5.74, 6) is -0.134. The highest BCUT2D eigenvalue weighted by Crippen LogP contribution is 2.10. The number of nitrogens with zero attached hydrogens (tertiary/aromatic N) is 1. The van der Waals surface area contributed by atoms with Crippen LogP contribution in [-0.4, -0.2) is 23.4 Å². The minimum atomic E-state index is -0.194. The lowest BCUT2D eigenvalue weighted by molar-refractivity contribution is 0.0983. The van der Waals surface area contributed by atoms with Gasteiger partial charge < -0.3 is 9.88 Å². The largest absolute Gasteiger partial charge is 0.345 e. The molecular formula is C16H20ClFN2O. The maximum Gasteiger partial charge on any atom is 0.192 e. The van der Waals surface area contributed by atoms with E-state index in [4.69, 9.17) is 0 Å². The highest BCUT2D eigenvalue weighted by atomic mass is 35.5. The number of hydrogen-bond acceptors (Lipinski definition) is 2. The Morgan fingerprint density at radius 1 is 1.24 bits per heavy atom. The molecule has 0 aliphatic heterocycles. The van der Waals surface area contributed by atoms with Gasteiger partial charge in [-0.05, 0) is 36.7 Å². The van der Waals surface area contributed by atoms with Crippen LogP contribution in [0.3, 0.4) is 0 Å². The number of aryl methyl sites for hydroxylation is 2. The SMILES string of the molecule is CCNCC(=O)c1cccn1CCc1ccccc1F.Cl. The van der Waals surface area contributed by atoms with Gasteiger partial charge in [-0.2, -0.15) is 0 Å². The molecule has 0 spiro atoms. The molecule has 1 aromatic carbocycles. The molecule has 114 valence electrons. The van der Waals surface area contributed by atoms with Gasteiger partial charge in [-0.3, -0.25) is 4.79 Å². The molecule has 5 heteroatoms. The van der Waals surface area contributed by atoms with Crippen LogP contribution in [0, 0.1) is 5.82 Å². The molecular weight excluding hydrogens is 291 g/mol. The standard InChI is InChI=1S/C16H19FN2O.ClH/c1-2-18-12-16(20)15-8-5-10-19(15)11-9-13-6-3-4-7-14(13)17;/h3-8,10,18H,2,9,11-12H2,1H3;1H. The van der Waals surface area contributed by atoms with Crippen LogP contribution >= 0.6 is 12.4 Å². The third kappa shape index (κ3) is 4.69. The molecule has 0 aliphatic rings. The normalized spacial score (nSPS) is 10.2. The molecule has 1 heterocycles. The Hall–Kier alpha value is -1.65. The third-order valence-corrected chi connectivity index (χ3v) is 3.23. The van der Waals surface area contributed by atoms with Gasteiger partial charge in [0, 0.05) is 12.7 Å². The molecule has 0 radical (unpaired) electrons. The van der Waals surface area contributed by atoms with E-state index in [1.807, 2.05) is 29.8 Å². The van der Waals surface area contributed by atoms with Crippen LogP contribution in [-0.2, 0) is 13.0 Å². The Balaban J connectivity index is 0.00000220. The number of nitrogens with one attached hydrogen (secondary N) is 1. The monoisotopic (exact) mass is 310 g/mol. The van der Waals surface area contributed by atoms with Gasteiger partial charge in [0.2, 0.25) is 0 Å². The summed E-state index contributed by atoms with van der Waals surface area (Å²) >= 11 is 0. The van der Waals surface area contributed by atoms with E-state index >= 15 is 0 Å². The van der Waals surface area contributed by atoms with Crippen molar-refractivity contribution in [2.45, 2.75) is 19.9 Å².